The molecule has 1 fully saturated rings. The molecule has 1 saturated heterocycles. The van der Waals surface area contributed by atoms with E-state index in [-0.39, 0.29) is 10.7 Å². The Morgan fingerprint density at radius 2 is 1.77 bits per heavy atom. The lowest BCUT2D eigenvalue weighted by atomic mass is 9.99. The SMILES string of the molecule is CC1CCN(c2ccc(NC(=S)NC(=O)c3ccccc3F)cc2)CC1. The van der Waals surface area contributed by atoms with Gasteiger partial charge in [-0.25, -0.2) is 4.39 Å². The van der Waals surface area contributed by atoms with Crippen molar-refractivity contribution in [2.75, 3.05) is 23.3 Å². The van der Waals surface area contributed by atoms with E-state index in [1.54, 1.807) is 6.07 Å². The number of nitrogens with one attached hydrogen (secondary N) is 2. The van der Waals surface area contributed by atoms with Gasteiger partial charge in [-0.15, -0.1) is 0 Å². The molecular formula is C20H22FN3OS. The summed E-state index contributed by atoms with van der Waals surface area (Å²) < 4.78 is 13.6. The molecule has 2 N–H and O–H groups in total. The van der Waals surface area contributed by atoms with E-state index in [9.17, 15) is 9.18 Å². The van der Waals surface area contributed by atoms with Crippen molar-refractivity contribution in [3.63, 3.8) is 0 Å². The van der Waals surface area contributed by atoms with Crippen LogP contribution in [0.1, 0.15) is 30.1 Å². The van der Waals surface area contributed by atoms with Crippen molar-refractivity contribution in [3.05, 3.63) is 59.9 Å². The minimum absolute atomic E-state index is 0.0358. The fraction of sp³-hybridized carbons (Fsp3) is 0.300. The van der Waals surface area contributed by atoms with Crippen molar-refractivity contribution in [1.82, 2.24) is 5.32 Å². The average Bonchev–Trinajstić information content (AvgIpc) is 2.63. The number of thiocarbonyl (C=S) groups is 1. The number of nitrogens with zero attached hydrogens (tertiary/aromatic N) is 1. The van der Waals surface area contributed by atoms with Crippen LogP contribution in [-0.2, 0) is 0 Å². The molecule has 0 atom stereocenters. The molecule has 6 heteroatoms. The number of hydrogen-bond donors (Lipinski definition) is 2. The van der Waals surface area contributed by atoms with Crippen LogP contribution in [-0.4, -0.2) is 24.1 Å². The standard InChI is InChI=1S/C20H22FN3OS/c1-14-10-12-24(13-11-14)16-8-6-15(7-9-16)22-20(26)23-19(25)17-4-2-3-5-18(17)21/h2-9,14H,10-13H2,1H3,(H2,22,23,25,26). The molecule has 136 valence electrons. The topological polar surface area (TPSA) is 44.4 Å². The summed E-state index contributed by atoms with van der Waals surface area (Å²) in [6.07, 6.45) is 2.43. The number of anilines is 2. The molecule has 1 amide bonds. The highest BCUT2D eigenvalue weighted by molar-refractivity contribution is 7.80. The zero-order chi connectivity index (χ0) is 18.5. The first-order valence-electron chi connectivity index (χ1n) is 8.75. The molecular weight excluding hydrogens is 349 g/mol. The van der Waals surface area contributed by atoms with Gasteiger partial charge in [0, 0.05) is 24.5 Å². The van der Waals surface area contributed by atoms with Gasteiger partial charge >= 0.3 is 0 Å². The third-order valence-corrected chi connectivity index (χ3v) is 4.82. The lowest BCUT2D eigenvalue weighted by molar-refractivity contribution is 0.0974. The maximum Gasteiger partial charge on any atom is 0.260 e. The summed E-state index contributed by atoms with van der Waals surface area (Å²) in [5.74, 6) is -0.352. The van der Waals surface area contributed by atoms with Gasteiger partial charge in [-0.05, 0) is 67.4 Å². The van der Waals surface area contributed by atoms with E-state index in [4.69, 9.17) is 12.2 Å². The highest BCUT2D eigenvalue weighted by Gasteiger charge is 2.16. The Bertz CT molecular complexity index is 786. The number of halogens is 1. The van der Waals surface area contributed by atoms with E-state index in [1.165, 1.54) is 36.7 Å². The van der Waals surface area contributed by atoms with Gasteiger partial charge in [0.1, 0.15) is 5.82 Å². The third kappa shape index (κ3) is 4.58. The van der Waals surface area contributed by atoms with Gasteiger partial charge in [0.25, 0.3) is 5.91 Å². The summed E-state index contributed by atoms with van der Waals surface area (Å²) >= 11 is 5.15. The molecule has 4 nitrogen and oxygen atoms in total. The number of benzene rings is 2. The molecule has 2 aromatic rings. The molecule has 1 aliphatic heterocycles. The summed E-state index contributed by atoms with van der Waals surface area (Å²) in [6, 6.07) is 13.7. The van der Waals surface area contributed by atoms with Gasteiger partial charge < -0.3 is 10.2 Å². The van der Waals surface area contributed by atoms with Crippen LogP contribution in [0, 0.1) is 11.7 Å². The van der Waals surface area contributed by atoms with E-state index < -0.39 is 11.7 Å². The van der Waals surface area contributed by atoms with Crippen molar-refractivity contribution in [2.24, 2.45) is 5.92 Å². The minimum atomic E-state index is -0.576. The van der Waals surface area contributed by atoms with Crippen LogP contribution in [0.2, 0.25) is 0 Å². The van der Waals surface area contributed by atoms with Crippen LogP contribution in [0.4, 0.5) is 15.8 Å². The van der Waals surface area contributed by atoms with Crippen LogP contribution in [0.15, 0.2) is 48.5 Å². The molecule has 2 aromatic carbocycles. The van der Waals surface area contributed by atoms with E-state index in [0.29, 0.717) is 0 Å². The van der Waals surface area contributed by atoms with Gasteiger partial charge in [-0.1, -0.05) is 19.1 Å². The van der Waals surface area contributed by atoms with Gasteiger partial charge in [-0.3, -0.25) is 10.1 Å². The molecule has 0 unspecified atom stereocenters. The highest BCUT2D eigenvalue weighted by atomic mass is 32.1. The van der Waals surface area contributed by atoms with Gasteiger partial charge in [-0.2, -0.15) is 0 Å². The van der Waals surface area contributed by atoms with Crippen molar-refractivity contribution in [1.29, 1.82) is 0 Å². The highest BCUT2D eigenvalue weighted by Crippen LogP contribution is 2.24. The number of piperidine rings is 1. The van der Waals surface area contributed by atoms with Crippen molar-refractivity contribution in [3.8, 4) is 0 Å². The van der Waals surface area contributed by atoms with Crippen LogP contribution in [0.5, 0.6) is 0 Å². The zero-order valence-electron chi connectivity index (χ0n) is 14.7. The van der Waals surface area contributed by atoms with E-state index >= 15 is 0 Å². The second-order valence-corrected chi connectivity index (χ2v) is 7.01. The van der Waals surface area contributed by atoms with Crippen LogP contribution >= 0.6 is 12.2 Å². The van der Waals surface area contributed by atoms with Crippen LogP contribution in [0.25, 0.3) is 0 Å². The molecule has 0 bridgehead atoms. The Balaban J connectivity index is 1.56. The molecule has 1 heterocycles. The predicted octanol–water partition coefficient (Wildman–Crippen LogP) is 4.19. The molecule has 26 heavy (non-hydrogen) atoms. The Morgan fingerprint density at radius 3 is 2.42 bits per heavy atom. The van der Waals surface area contributed by atoms with Gasteiger partial charge in [0.15, 0.2) is 5.11 Å². The second kappa shape index (κ2) is 8.27. The maximum atomic E-state index is 13.6. The first-order chi connectivity index (χ1) is 12.5. The number of amides is 1. The van der Waals surface area contributed by atoms with E-state index in [1.807, 2.05) is 24.3 Å². The summed E-state index contributed by atoms with van der Waals surface area (Å²) in [6.45, 7) is 4.44. The number of rotatable bonds is 3. The summed E-state index contributed by atoms with van der Waals surface area (Å²) in [4.78, 5) is 14.4. The van der Waals surface area contributed by atoms with Crippen molar-refractivity contribution in [2.45, 2.75) is 19.8 Å². The summed E-state index contributed by atoms with van der Waals surface area (Å²) in [5.41, 5.74) is 1.92. The molecule has 3 rings (SSSR count). The Kier molecular flexibility index (Phi) is 5.83. The third-order valence-electron chi connectivity index (χ3n) is 4.62. The Morgan fingerprint density at radius 1 is 1.12 bits per heavy atom. The van der Waals surface area contributed by atoms with Crippen LogP contribution < -0.4 is 15.5 Å². The zero-order valence-corrected chi connectivity index (χ0v) is 15.5. The number of hydrogen-bond acceptors (Lipinski definition) is 3. The van der Waals surface area contributed by atoms with Gasteiger partial charge in [0.05, 0.1) is 5.56 Å². The number of carbonyl (C=O) groups is 1. The van der Waals surface area contributed by atoms with Crippen LogP contribution in [0.3, 0.4) is 0 Å². The minimum Gasteiger partial charge on any atom is -0.372 e. The summed E-state index contributed by atoms with van der Waals surface area (Å²) in [7, 11) is 0. The van der Waals surface area contributed by atoms with Crippen molar-refractivity contribution >= 4 is 34.6 Å². The molecule has 0 aliphatic carbocycles. The Hall–Kier alpha value is -2.47. The molecule has 0 saturated carbocycles. The summed E-state index contributed by atoms with van der Waals surface area (Å²) in [5, 5.41) is 5.59. The molecule has 0 spiro atoms. The monoisotopic (exact) mass is 371 g/mol. The van der Waals surface area contributed by atoms with E-state index in [0.717, 1.165) is 24.7 Å². The first-order valence-corrected chi connectivity index (χ1v) is 9.15. The largest absolute Gasteiger partial charge is 0.372 e. The van der Waals surface area contributed by atoms with Gasteiger partial charge in [0.2, 0.25) is 0 Å². The fourth-order valence-corrected chi connectivity index (χ4v) is 3.21. The smallest absolute Gasteiger partial charge is 0.260 e. The average molecular weight is 371 g/mol. The molecule has 0 radical (unpaired) electrons. The Labute approximate surface area is 158 Å². The second-order valence-electron chi connectivity index (χ2n) is 6.60. The number of carbonyl (C=O) groups excluding carboxylic acids is 1. The molecule has 0 aromatic heterocycles. The lowest BCUT2D eigenvalue weighted by Gasteiger charge is -2.32. The van der Waals surface area contributed by atoms with E-state index in [2.05, 4.69) is 22.5 Å². The lowest BCUT2D eigenvalue weighted by Crippen LogP contribution is -2.34. The van der Waals surface area contributed by atoms with Crippen molar-refractivity contribution < 1.29 is 9.18 Å². The first kappa shape index (κ1) is 18.3. The quantitative estimate of drug-likeness (QED) is 0.794. The normalized spacial score (nSPS) is 14.8. The maximum absolute atomic E-state index is 13.6. The predicted molar refractivity (Wildman–Crippen MR) is 107 cm³/mol. The molecule has 1 aliphatic rings. The fourth-order valence-electron chi connectivity index (χ4n) is 3.00.